The van der Waals surface area contributed by atoms with Gasteiger partial charge in [-0.15, -0.1) is 0 Å². The number of rotatable bonds is 4. The summed E-state index contributed by atoms with van der Waals surface area (Å²) in [7, 11) is 0. The first-order chi connectivity index (χ1) is 7.92. The van der Waals surface area contributed by atoms with E-state index in [1.54, 1.807) is 12.4 Å². The minimum Gasteiger partial charge on any atom is -0.373 e. The zero-order valence-corrected chi connectivity index (χ0v) is 9.02. The van der Waals surface area contributed by atoms with E-state index in [1.165, 1.54) is 12.8 Å². The maximum absolute atomic E-state index is 5.57. The van der Waals surface area contributed by atoms with Gasteiger partial charge in [0.15, 0.2) is 5.82 Å². The Balaban J connectivity index is 1.56. The summed E-state index contributed by atoms with van der Waals surface area (Å²) >= 11 is 0. The molecular formula is C11H14N4O. The molecule has 0 atom stereocenters. The first-order valence-corrected chi connectivity index (χ1v) is 5.60. The molecule has 2 heterocycles. The number of nitrogens with one attached hydrogen (secondary N) is 1. The summed E-state index contributed by atoms with van der Waals surface area (Å²) in [6.07, 6.45) is 5.99. The molecule has 1 aliphatic heterocycles. The van der Waals surface area contributed by atoms with Gasteiger partial charge in [-0.3, -0.25) is 9.98 Å². The van der Waals surface area contributed by atoms with Crippen molar-refractivity contribution in [2.24, 2.45) is 10.9 Å². The Morgan fingerprint density at radius 2 is 2.19 bits per heavy atom. The molecule has 84 valence electrons. The van der Waals surface area contributed by atoms with Gasteiger partial charge in [-0.25, -0.2) is 4.98 Å². The van der Waals surface area contributed by atoms with Gasteiger partial charge in [0.25, 0.3) is 0 Å². The number of aliphatic imine (C=N–C) groups is 1. The Hall–Kier alpha value is -1.49. The van der Waals surface area contributed by atoms with Crippen molar-refractivity contribution >= 4 is 11.7 Å². The van der Waals surface area contributed by atoms with Crippen molar-refractivity contribution in [1.82, 2.24) is 9.97 Å². The highest BCUT2D eigenvalue weighted by atomic mass is 16.5. The van der Waals surface area contributed by atoms with Crippen LogP contribution in [0.2, 0.25) is 0 Å². The Kier molecular flexibility index (Phi) is 2.53. The van der Waals surface area contributed by atoms with Gasteiger partial charge in [0.2, 0.25) is 0 Å². The number of nitrogens with zero attached hydrogens (tertiary/aromatic N) is 3. The molecular weight excluding hydrogens is 204 g/mol. The van der Waals surface area contributed by atoms with Crippen molar-refractivity contribution in [1.29, 1.82) is 0 Å². The lowest BCUT2D eigenvalue weighted by molar-refractivity contribution is 0.160. The molecule has 1 saturated carbocycles. The quantitative estimate of drug-likeness (QED) is 0.825. The van der Waals surface area contributed by atoms with Crippen molar-refractivity contribution < 1.29 is 4.74 Å². The SMILES string of the molecule is c1cnc2c(n1)CN=C(COCC1CC1)N2. The summed E-state index contributed by atoms with van der Waals surface area (Å²) in [6.45, 7) is 2.00. The van der Waals surface area contributed by atoms with Gasteiger partial charge in [-0.05, 0) is 18.8 Å². The average Bonchev–Trinajstić information content (AvgIpc) is 3.13. The van der Waals surface area contributed by atoms with Crippen LogP contribution in [-0.4, -0.2) is 29.0 Å². The maximum atomic E-state index is 5.57. The van der Waals surface area contributed by atoms with Crippen LogP contribution in [0.1, 0.15) is 18.5 Å². The minimum absolute atomic E-state index is 0.548. The van der Waals surface area contributed by atoms with Gasteiger partial charge in [0.05, 0.1) is 6.54 Å². The zero-order valence-electron chi connectivity index (χ0n) is 9.02. The normalized spacial score (nSPS) is 18.6. The number of hydrogen-bond donors (Lipinski definition) is 1. The average molecular weight is 218 g/mol. The van der Waals surface area contributed by atoms with Gasteiger partial charge >= 0.3 is 0 Å². The molecule has 16 heavy (non-hydrogen) atoms. The van der Waals surface area contributed by atoms with Crippen LogP contribution in [0, 0.1) is 5.92 Å². The van der Waals surface area contributed by atoms with Crippen molar-refractivity contribution in [3.05, 3.63) is 18.1 Å². The van der Waals surface area contributed by atoms with Crippen LogP contribution in [0.15, 0.2) is 17.4 Å². The number of amidine groups is 1. The van der Waals surface area contributed by atoms with E-state index in [-0.39, 0.29) is 0 Å². The molecule has 0 spiro atoms. The molecule has 1 aromatic heterocycles. The molecule has 1 fully saturated rings. The number of ether oxygens (including phenoxy) is 1. The summed E-state index contributed by atoms with van der Waals surface area (Å²) in [4.78, 5) is 12.8. The topological polar surface area (TPSA) is 59.4 Å². The number of aromatic nitrogens is 2. The van der Waals surface area contributed by atoms with Gasteiger partial charge in [-0.2, -0.15) is 0 Å². The lowest BCUT2D eigenvalue weighted by Gasteiger charge is -2.16. The zero-order chi connectivity index (χ0) is 10.8. The number of hydrogen-bond acceptors (Lipinski definition) is 5. The van der Waals surface area contributed by atoms with Crippen molar-refractivity contribution in [3.8, 4) is 0 Å². The highest BCUT2D eigenvalue weighted by Gasteiger charge is 2.21. The first kappa shape index (κ1) is 9.72. The second-order valence-corrected chi connectivity index (χ2v) is 4.20. The molecule has 0 radical (unpaired) electrons. The van der Waals surface area contributed by atoms with E-state index in [2.05, 4.69) is 20.3 Å². The van der Waals surface area contributed by atoms with Gasteiger partial charge < -0.3 is 10.1 Å². The Morgan fingerprint density at radius 1 is 1.31 bits per heavy atom. The molecule has 2 aliphatic rings. The summed E-state index contributed by atoms with van der Waals surface area (Å²) in [5, 5.41) is 3.14. The molecule has 0 aromatic carbocycles. The molecule has 1 aliphatic carbocycles. The molecule has 3 rings (SSSR count). The molecule has 1 aromatic rings. The fourth-order valence-corrected chi connectivity index (χ4v) is 1.62. The van der Waals surface area contributed by atoms with E-state index in [4.69, 9.17) is 4.74 Å². The van der Waals surface area contributed by atoms with E-state index < -0.39 is 0 Å². The number of anilines is 1. The molecule has 0 amide bonds. The van der Waals surface area contributed by atoms with Crippen LogP contribution in [0.25, 0.3) is 0 Å². The third-order valence-corrected chi connectivity index (χ3v) is 2.75. The van der Waals surface area contributed by atoms with Gasteiger partial charge in [0.1, 0.15) is 18.1 Å². The van der Waals surface area contributed by atoms with Crippen LogP contribution >= 0.6 is 0 Å². The van der Waals surface area contributed by atoms with E-state index in [0.717, 1.165) is 29.9 Å². The van der Waals surface area contributed by atoms with E-state index in [9.17, 15) is 0 Å². The summed E-state index contributed by atoms with van der Waals surface area (Å²) in [5.41, 5.74) is 0.897. The van der Waals surface area contributed by atoms with Crippen LogP contribution in [0.5, 0.6) is 0 Å². The monoisotopic (exact) mass is 218 g/mol. The minimum atomic E-state index is 0.548. The molecule has 0 unspecified atom stereocenters. The maximum Gasteiger partial charge on any atom is 0.155 e. The van der Waals surface area contributed by atoms with Crippen molar-refractivity contribution in [2.45, 2.75) is 19.4 Å². The molecule has 5 nitrogen and oxygen atoms in total. The summed E-state index contributed by atoms with van der Waals surface area (Å²) in [5.74, 6) is 2.45. The fourth-order valence-electron chi connectivity index (χ4n) is 1.62. The van der Waals surface area contributed by atoms with Crippen LogP contribution in [0.3, 0.4) is 0 Å². The van der Waals surface area contributed by atoms with E-state index in [0.29, 0.717) is 13.2 Å². The van der Waals surface area contributed by atoms with Gasteiger partial charge in [0, 0.05) is 19.0 Å². The van der Waals surface area contributed by atoms with E-state index in [1.807, 2.05) is 0 Å². The highest BCUT2D eigenvalue weighted by molar-refractivity contribution is 5.97. The van der Waals surface area contributed by atoms with E-state index >= 15 is 0 Å². The highest BCUT2D eigenvalue weighted by Crippen LogP contribution is 2.28. The van der Waals surface area contributed by atoms with Gasteiger partial charge in [-0.1, -0.05) is 0 Å². The van der Waals surface area contributed by atoms with Crippen LogP contribution in [-0.2, 0) is 11.3 Å². The fraction of sp³-hybridized carbons (Fsp3) is 0.545. The summed E-state index contributed by atoms with van der Waals surface area (Å²) in [6, 6.07) is 0. The molecule has 0 saturated heterocycles. The third-order valence-electron chi connectivity index (χ3n) is 2.75. The number of fused-ring (bicyclic) bond motifs is 1. The lowest BCUT2D eigenvalue weighted by atomic mass is 10.3. The third kappa shape index (κ3) is 2.19. The van der Waals surface area contributed by atoms with Crippen LogP contribution in [0.4, 0.5) is 5.82 Å². The summed E-state index contributed by atoms with van der Waals surface area (Å²) < 4.78 is 5.57. The van der Waals surface area contributed by atoms with Crippen molar-refractivity contribution in [3.63, 3.8) is 0 Å². The molecule has 1 N–H and O–H groups in total. The standard InChI is InChI=1S/C11H14N4O/c1-2-8(1)6-16-7-10-14-5-9-11(15-10)13-4-3-12-9/h3-4,8H,1-2,5-7H2,(H,13,14,15). The Morgan fingerprint density at radius 3 is 3.06 bits per heavy atom. The second-order valence-electron chi connectivity index (χ2n) is 4.20. The largest absolute Gasteiger partial charge is 0.373 e. The first-order valence-electron chi connectivity index (χ1n) is 5.60. The smallest absolute Gasteiger partial charge is 0.155 e. The Bertz CT molecular complexity index is 414. The lowest BCUT2D eigenvalue weighted by Crippen LogP contribution is -2.24. The van der Waals surface area contributed by atoms with Crippen molar-refractivity contribution in [2.75, 3.05) is 18.5 Å². The predicted molar refractivity (Wildman–Crippen MR) is 60.3 cm³/mol. The molecule has 5 heteroatoms. The van der Waals surface area contributed by atoms with Crippen LogP contribution < -0.4 is 5.32 Å². The Labute approximate surface area is 94.0 Å². The predicted octanol–water partition coefficient (Wildman–Crippen LogP) is 1.23. The molecule has 0 bridgehead atoms. The second kappa shape index (κ2) is 4.17.